The van der Waals surface area contributed by atoms with Gasteiger partial charge in [0.1, 0.15) is 11.9 Å². The summed E-state index contributed by atoms with van der Waals surface area (Å²) in [5.74, 6) is 1.21. The summed E-state index contributed by atoms with van der Waals surface area (Å²) >= 11 is 1.57. The number of nitrogens with zero attached hydrogens (tertiary/aromatic N) is 4. The van der Waals surface area contributed by atoms with Crippen molar-refractivity contribution in [1.82, 2.24) is 19.6 Å². The Labute approximate surface area is 181 Å². The van der Waals surface area contributed by atoms with E-state index in [-0.39, 0.29) is 5.41 Å². The zero-order valence-electron chi connectivity index (χ0n) is 17.1. The molecular weight excluding hydrogens is 412 g/mol. The molecule has 5 aromatic rings. The summed E-state index contributed by atoms with van der Waals surface area (Å²) in [6.45, 7) is 6.18. The Hall–Kier alpha value is -3.52. The summed E-state index contributed by atoms with van der Waals surface area (Å²) in [5, 5.41) is 7.36. The molecule has 1 aromatic carbocycles. The predicted molar refractivity (Wildman–Crippen MR) is 117 cm³/mol. The van der Waals surface area contributed by atoms with Crippen molar-refractivity contribution in [1.29, 1.82) is 0 Å². The number of rotatable bonds is 1. The first kappa shape index (κ1) is 18.3. The molecule has 0 aliphatic carbocycles. The summed E-state index contributed by atoms with van der Waals surface area (Å²) in [7, 11) is 0. The summed E-state index contributed by atoms with van der Waals surface area (Å²) in [4.78, 5) is 23.6. The first-order valence-electron chi connectivity index (χ1n) is 9.94. The Bertz CT molecular complexity index is 1530. The normalized spacial score (nSPS) is 15.6. The van der Waals surface area contributed by atoms with Gasteiger partial charge in [-0.3, -0.25) is 0 Å². The third-order valence-corrected chi connectivity index (χ3v) is 6.40. The second-order valence-corrected chi connectivity index (χ2v) is 9.58. The maximum Gasteiger partial charge on any atom is 0.344 e. The van der Waals surface area contributed by atoms with Gasteiger partial charge in [0.05, 0.1) is 22.4 Å². The largest absolute Gasteiger partial charge is 0.437 e. The van der Waals surface area contributed by atoms with E-state index in [1.54, 1.807) is 28.2 Å². The first-order chi connectivity index (χ1) is 14.9. The molecule has 0 amide bonds. The fourth-order valence-electron chi connectivity index (χ4n) is 3.99. The molecule has 31 heavy (non-hydrogen) atoms. The van der Waals surface area contributed by atoms with Crippen LogP contribution in [0.3, 0.4) is 0 Å². The summed E-state index contributed by atoms with van der Waals surface area (Å²) in [6, 6.07) is 11.4. The summed E-state index contributed by atoms with van der Waals surface area (Å²) in [6.07, 6.45) is 1.61. The lowest BCUT2D eigenvalue weighted by Gasteiger charge is -2.26. The fourth-order valence-corrected chi connectivity index (χ4v) is 4.83. The summed E-state index contributed by atoms with van der Waals surface area (Å²) < 4.78 is 13.6. The number of thiophene rings is 1. The van der Waals surface area contributed by atoms with Crippen LogP contribution in [-0.4, -0.2) is 19.6 Å². The highest BCUT2D eigenvalue weighted by Gasteiger charge is 2.38. The number of benzene rings is 1. The molecule has 8 heteroatoms. The van der Waals surface area contributed by atoms with Gasteiger partial charge in [-0.2, -0.15) is 0 Å². The number of ether oxygens (including phenoxy) is 1. The van der Waals surface area contributed by atoms with Crippen LogP contribution < -0.4 is 10.4 Å². The molecule has 6 rings (SSSR count). The lowest BCUT2D eigenvalue weighted by atomic mass is 9.88. The van der Waals surface area contributed by atoms with Crippen molar-refractivity contribution in [3.05, 3.63) is 80.4 Å². The number of hydrogen-bond donors (Lipinski definition) is 0. The van der Waals surface area contributed by atoms with Crippen LogP contribution in [0.1, 0.15) is 48.5 Å². The van der Waals surface area contributed by atoms with Crippen molar-refractivity contribution < 1.29 is 9.15 Å². The maximum absolute atomic E-state index is 13.2. The molecule has 1 aliphatic heterocycles. The summed E-state index contributed by atoms with van der Waals surface area (Å²) in [5.41, 5.74) is 1.65. The minimum atomic E-state index is -0.421. The van der Waals surface area contributed by atoms with E-state index in [0.717, 1.165) is 15.8 Å². The zero-order chi connectivity index (χ0) is 21.3. The molecule has 4 aromatic heterocycles. The number of para-hydroxylation sites is 1. The van der Waals surface area contributed by atoms with Gasteiger partial charge >= 0.3 is 5.63 Å². The van der Waals surface area contributed by atoms with Crippen LogP contribution in [0.4, 0.5) is 0 Å². The SMILES string of the molecule is CC(C)(C)c1nc2c3c(ncn2n1)Oc1c(c(=O)oc2ccccc12)C3c1cccs1. The maximum atomic E-state index is 13.2. The van der Waals surface area contributed by atoms with Crippen LogP contribution in [0.15, 0.2) is 57.3 Å². The molecule has 154 valence electrons. The average Bonchev–Trinajstić information content (AvgIpc) is 3.42. The third-order valence-electron chi connectivity index (χ3n) is 5.46. The van der Waals surface area contributed by atoms with E-state index in [0.29, 0.717) is 34.2 Å². The average molecular weight is 430 g/mol. The van der Waals surface area contributed by atoms with Gasteiger partial charge in [0.2, 0.25) is 5.88 Å². The van der Waals surface area contributed by atoms with Gasteiger partial charge in [-0.15, -0.1) is 16.4 Å². The van der Waals surface area contributed by atoms with E-state index < -0.39 is 11.5 Å². The Balaban J connectivity index is 1.72. The Kier molecular flexibility index (Phi) is 3.68. The molecule has 0 N–H and O–H groups in total. The van der Waals surface area contributed by atoms with Gasteiger partial charge in [-0.25, -0.2) is 19.3 Å². The van der Waals surface area contributed by atoms with E-state index in [2.05, 4.69) is 30.9 Å². The highest BCUT2D eigenvalue weighted by atomic mass is 32.1. The van der Waals surface area contributed by atoms with Crippen LogP contribution in [0.2, 0.25) is 0 Å². The Morgan fingerprint density at radius 1 is 1.10 bits per heavy atom. The van der Waals surface area contributed by atoms with Crippen LogP contribution >= 0.6 is 11.3 Å². The number of fused-ring (bicyclic) bond motifs is 6. The van der Waals surface area contributed by atoms with Crippen LogP contribution in [0, 0.1) is 0 Å². The Morgan fingerprint density at radius 3 is 2.71 bits per heavy atom. The molecule has 0 spiro atoms. The fraction of sp³-hybridized carbons (Fsp3) is 0.217. The molecule has 1 unspecified atom stereocenters. The van der Waals surface area contributed by atoms with Crippen molar-refractivity contribution in [2.75, 3.05) is 0 Å². The molecule has 0 saturated carbocycles. The van der Waals surface area contributed by atoms with Gasteiger partial charge in [0.25, 0.3) is 0 Å². The molecule has 5 heterocycles. The van der Waals surface area contributed by atoms with Gasteiger partial charge in [0.15, 0.2) is 17.2 Å². The van der Waals surface area contributed by atoms with E-state index in [4.69, 9.17) is 14.1 Å². The highest BCUT2D eigenvalue weighted by Crippen LogP contribution is 2.49. The van der Waals surface area contributed by atoms with E-state index in [1.165, 1.54) is 0 Å². The van der Waals surface area contributed by atoms with Gasteiger partial charge < -0.3 is 9.15 Å². The highest BCUT2D eigenvalue weighted by molar-refractivity contribution is 7.10. The zero-order valence-corrected chi connectivity index (χ0v) is 17.9. The Morgan fingerprint density at radius 2 is 1.94 bits per heavy atom. The molecular formula is C23H18N4O3S. The minimum absolute atomic E-state index is 0.236. The molecule has 1 atom stereocenters. The van der Waals surface area contributed by atoms with E-state index in [1.807, 2.05) is 35.7 Å². The van der Waals surface area contributed by atoms with Crippen molar-refractivity contribution in [2.24, 2.45) is 0 Å². The standard InChI is InChI=1S/C23H18N4O3S/c1-23(2,3)22-25-19-17-15(14-9-6-10-31-14)16-18(30-20(17)24-11-27(19)26-22)12-7-4-5-8-13(12)29-21(16)28/h4-11,15H,1-3H3. The topological polar surface area (TPSA) is 82.5 Å². The minimum Gasteiger partial charge on any atom is -0.437 e. The van der Waals surface area contributed by atoms with Gasteiger partial charge in [-0.05, 0) is 23.6 Å². The van der Waals surface area contributed by atoms with Gasteiger partial charge in [0, 0.05) is 10.3 Å². The van der Waals surface area contributed by atoms with E-state index in [9.17, 15) is 4.79 Å². The lowest BCUT2D eigenvalue weighted by molar-refractivity contribution is 0.423. The van der Waals surface area contributed by atoms with Crippen LogP contribution in [0.25, 0.3) is 16.6 Å². The van der Waals surface area contributed by atoms with Crippen molar-refractivity contribution in [2.45, 2.75) is 32.1 Å². The van der Waals surface area contributed by atoms with Crippen molar-refractivity contribution >= 4 is 28.0 Å². The quantitative estimate of drug-likeness (QED) is 0.346. The van der Waals surface area contributed by atoms with Gasteiger partial charge in [-0.1, -0.05) is 39.0 Å². The number of aromatic nitrogens is 4. The molecule has 1 aliphatic rings. The lowest BCUT2D eigenvalue weighted by Crippen LogP contribution is -2.21. The van der Waals surface area contributed by atoms with Crippen LogP contribution in [0.5, 0.6) is 11.6 Å². The smallest absolute Gasteiger partial charge is 0.344 e. The first-order valence-corrected chi connectivity index (χ1v) is 10.8. The van der Waals surface area contributed by atoms with Crippen molar-refractivity contribution in [3.8, 4) is 11.6 Å². The van der Waals surface area contributed by atoms with Crippen LogP contribution in [-0.2, 0) is 5.41 Å². The molecule has 0 saturated heterocycles. The second-order valence-electron chi connectivity index (χ2n) is 8.60. The second kappa shape index (κ2) is 6.24. The molecule has 7 nitrogen and oxygen atoms in total. The third kappa shape index (κ3) is 2.64. The van der Waals surface area contributed by atoms with E-state index >= 15 is 0 Å². The monoisotopic (exact) mass is 430 g/mol. The number of hydrogen-bond acceptors (Lipinski definition) is 7. The predicted octanol–water partition coefficient (Wildman–Crippen LogP) is 4.88. The molecule has 0 bridgehead atoms. The molecule has 0 fully saturated rings. The van der Waals surface area contributed by atoms with Crippen molar-refractivity contribution in [3.63, 3.8) is 0 Å². The molecule has 0 radical (unpaired) electrons.